The number of thiol groups is 1. The minimum Gasteiger partial charge on any atom is -0.480 e. The summed E-state index contributed by atoms with van der Waals surface area (Å²) in [5, 5.41) is 12.2. The molecule has 0 aromatic heterocycles. The van der Waals surface area contributed by atoms with Crippen molar-refractivity contribution in [3.05, 3.63) is 108 Å². The van der Waals surface area contributed by atoms with Gasteiger partial charge in [0.1, 0.15) is 6.04 Å². The molecule has 3 rings (SSSR count). The Hall–Kier alpha value is -2.70. The summed E-state index contributed by atoms with van der Waals surface area (Å²) in [5.41, 5.74) is 3.00. The van der Waals surface area contributed by atoms with Gasteiger partial charge in [-0.2, -0.15) is 12.6 Å². The molecule has 6 heteroatoms. The predicted octanol–water partition coefficient (Wildman–Crippen LogP) is 4.56. The van der Waals surface area contributed by atoms with E-state index < -0.39 is 27.2 Å². The Labute approximate surface area is 186 Å². The predicted molar refractivity (Wildman–Crippen MR) is 125 cm³/mol. The first-order valence-corrected chi connectivity index (χ1v) is 10.9. The lowest BCUT2D eigenvalue weighted by Gasteiger charge is -2.38. The Balaban J connectivity index is 2.21. The van der Waals surface area contributed by atoms with Crippen molar-refractivity contribution in [2.45, 2.75) is 22.3 Å². The quantitative estimate of drug-likeness (QED) is 0.275. The number of thioether (sulfide) groups is 1. The summed E-state index contributed by atoms with van der Waals surface area (Å²) in [6.45, 7) is 1.31. The number of aliphatic carboxylic acids is 1. The van der Waals surface area contributed by atoms with E-state index in [1.54, 1.807) is 0 Å². The molecule has 3 aromatic rings. The van der Waals surface area contributed by atoms with Gasteiger partial charge in [0.25, 0.3) is 0 Å². The number of carbonyl (C=O) groups excluding carboxylic acids is 1. The van der Waals surface area contributed by atoms with Crippen LogP contribution in [-0.4, -0.2) is 27.6 Å². The molecule has 0 aliphatic rings. The van der Waals surface area contributed by atoms with Crippen molar-refractivity contribution < 1.29 is 14.7 Å². The van der Waals surface area contributed by atoms with Crippen molar-refractivity contribution in [3.63, 3.8) is 0 Å². The zero-order chi connectivity index (χ0) is 21.6. The highest BCUT2D eigenvalue weighted by Gasteiger charge is 2.42. The molecule has 4 nitrogen and oxygen atoms in total. The minimum absolute atomic E-state index is 0.410. The lowest BCUT2D eigenvalue weighted by atomic mass is 9.84. The summed E-state index contributed by atoms with van der Waals surface area (Å²) in [6.07, 6.45) is 0. The SMILES string of the molecule is CC(=O)NC(C(=O)O)C(S)SC(c1ccccc1)(c1ccccc1)c1ccccc1. The normalized spacial score (nSPS) is 13.3. The van der Waals surface area contributed by atoms with Crippen LogP contribution in [0.25, 0.3) is 0 Å². The molecule has 2 atom stereocenters. The second-order valence-corrected chi connectivity index (χ2v) is 9.07. The molecule has 30 heavy (non-hydrogen) atoms. The largest absolute Gasteiger partial charge is 0.480 e. The molecule has 2 unspecified atom stereocenters. The highest BCUT2D eigenvalue weighted by molar-refractivity contribution is 8.11. The molecular weight excluding hydrogens is 414 g/mol. The number of carboxylic acids is 1. The van der Waals surface area contributed by atoms with Gasteiger partial charge in [-0.3, -0.25) is 4.79 Å². The highest BCUT2D eigenvalue weighted by atomic mass is 32.2. The van der Waals surface area contributed by atoms with Crippen LogP contribution in [0.5, 0.6) is 0 Å². The summed E-state index contributed by atoms with van der Waals surface area (Å²) < 4.78 is -1.44. The van der Waals surface area contributed by atoms with Gasteiger partial charge in [-0.1, -0.05) is 91.0 Å². The van der Waals surface area contributed by atoms with Crippen molar-refractivity contribution >= 4 is 36.3 Å². The van der Waals surface area contributed by atoms with Gasteiger partial charge >= 0.3 is 5.97 Å². The Morgan fingerprint density at radius 3 is 1.50 bits per heavy atom. The van der Waals surface area contributed by atoms with Crippen LogP contribution in [0.1, 0.15) is 23.6 Å². The number of hydrogen-bond acceptors (Lipinski definition) is 4. The lowest BCUT2D eigenvalue weighted by molar-refractivity contribution is -0.141. The van der Waals surface area contributed by atoms with E-state index in [0.717, 1.165) is 16.7 Å². The summed E-state index contributed by atoms with van der Waals surface area (Å²) >= 11 is 6.05. The van der Waals surface area contributed by atoms with Crippen LogP contribution < -0.4 is 5.32 Å². The molecule has 0 bridgehead atoms. The van der Waals surface area contributed by atoms with Gasteiger partial charge in [0, 0.05) is 6.92 Å². The van der Waals surface area contributed by atoms with E-state index in [1.807, 2.05) is 91.0 Å². The van der Waals surface area contributed by atoms with E-state index >= 15 is 0 Å². The molecule has 3 aromatic carbocycles. The number of carboxylic acid groups (broad SMARTS) is 1. The van der Waals surface area contributed by atoms with Crippen LogP contribution in [0, 0.1) is 0 Å². The molecule has 0 aliphatic heterocycles. The van der Waals surface area contributed by atoms with E-state index in [-0.39, 0.29) is 0 Å². The van der Waals surface area contributed by atoms with Crippen LogP contribution >= 0.6 is 24.4 Å². The summed E-state index contributed by atoms with van der Waals surface area (Å²) in [4.78, 5) is 23.5. The fraction of sp³-hybridized carbons (Fsp3) is 0.167. The van der Waals surface area contributed by atoms with E-state index in [0.29, 0.717) is 0 Å². The second kappa shape index (κ2) is 9.87. The molecular formula is C24H23NO3S2. The van der Waals surface area contributed by atoms with Gasteiger partial charge in [-0.25, -0.2) is 4.79 Å². The molecule has 0 saturated heterocycles. The second-order valence-electron chi connectivity index (χ2n) is 6.80. The summed E-state index contributed by atoms with van der Waals surface area (Å²) in [6, 6.07) is 28.7. The fourth-order valence-corrected chi connectivity index (χ4v) is 5.62. The first-order valence-electron chi connectivity index (χ1n) is 9.47. The van der Waals surface area contributed by atoms with Crippen LogP contribution in [0.2, 0.25) is 0 Å². The maximum Gasteiger partial charge on any atom is 0.328 e. The Morgan fingerprint density at radius 2 is 1.20 bits per heavy atom. The molecule has 0 heterocycles. The smallest absolute Gasteiger partial charge is 0.328 e. The van der Waals surface area contributed by atoms with Gasteiger partial charge < -0.3 is 10.4 Å². The van der Waals surface area contributed by atoms with E-state index in [9.17, 15) is 14.7 Å². The third-order valence-electron chi connectivity index (χ3n) is 4.75. The Morgan fingerprint density at radius 1 is 0.833 bits per heavy atom. The molecule has 0 fully saturated rings. The molecule has 0 spiro atoms. The monoisotopic (exact) mass is 437 g/mol. The first kappa shape index (κ1) is 22.0. The molecule has 0 saturated carbocycles. The van der Waals surface area contributed by atoms with Gasteiger partial charge in [0.15, 0.2) is 0 Å². The topological polar surface area (TPSA) is 66.4 Å². The Bertz CT molecular complexity index is 884. The number of hydrogen-bond donors (Lipinski definition) is 3. The van der Waals surface area contributed by atoms with E-state index in [4.69, 9.17) is 0 Å². The van der Waals surface area contributed by atoms with Crippen LogP contribution in [-0.2, 0) is 14.3 Å². The van der Waals surface area contributed by atoms with E-state index in [2.05, 4.69) is 17.9 Å². The molecule has 2 N–H and O–H groups in total. The van der Waals surface area contributed by atoms with Crippen molar-refractivity contribution in [2.75, 3.05) is 0 Å². The number of rotatable bonds is 8. The maximum atomic E-state index is 11.9. The van der Waals surface area contributed by atoms with Gasteiger partial charge in [0.2, 0.25) is 5.91 Å². The molecule has 154 valence electrons. The summed E-state index contributed by atoms with van der Waals surface area (Å²) in [5.74, 6) is -1.53. The standard InChI is InChI=1S/C24H23NO3S2/c1-17(26)25-21(22(27)28)23(29)30-24(18-11-5-2-6-12-18,19-13-7-3-8-14-19)20-15-9-4-10-16-20/h2-16,21,23,29H,1H3,(H,25,26)(H,27,28). The number of benzene rings is 3. The van der Waals surface area contributed by atoms with E-state index in [1.165, 1.54) is 18.7 Å². The lowest BCUT2D eigenvalue weighted by Crippen LogP contribution is -2.46. The zero-order valence-corrected chi connectivity index (χ0v) is 18.1. The van der Waals surface area contributed by atoms with Gasteiger partial charge in [-0.15, -0.1) is 11.8 Å². The van der Waals surface area contributed by atoms with Gasteiger partial charge in [-0.05, 0) is 16.7 Å². The first-order chi connectivity index (χ1) is 14.4. The number of amides is 1. The van der Waals surface area contributed by atoms with Gasteiger partial charge in [0.05, 0.1) is 9.33 Å². The molecule has 0 aliphatic carbocycles. The van der Waals surface area contributed by atoms with Crippen molar-refractivity contribution in [1.82, 2.24) is 5.32 Å². The van der Waals surface area contributed by atoms with Crippen LogP contribution in [0.4, 0.5) is 0 Å². The van der Waals surface area contributed by atoms with Crippen molar-refractivity contribution in [3.8, 4) is 0 Å². The highest BCUT2D eigenvalue weighted by Crippen LogP contribution is 2.51. The number of carbonyl (C=O) groups is 2. The molecule has 1 amide bonds. The molecule has 0 radical (unpaired) electrons. The fourth-order valence-electron chi connectivity index (χ4n) is 3.45. The average molecular weight is 438 g/mol. The maximum absolute atomic E-state index is 11.9. The minimum atomic E-state index is -1.15. The average Bonchev–Trinajstić information content (AvgIpc) is 2.77. The van der Waals surface area contributed by atoms with Crippen LogP contribution in [0.15, 0.2) is 91.0 Å². The third-order valence-corrected chi connectivity index (χ3v) is 6.94. The third kappa shape index (κ3) is 4.71. The van der Waals surface area contributed by atoms with Crippen LogP contribution in [0.3, 0.4) is 0 Å². The van der Waals surface area contributed by atoms with Crippen molar-refractivity contribution in [2.24, 2.45) is 0 Å². The summed E-state index contributed by atoms with van der Waals surface area (Å²) in [7, 11) is 0. The number of nitrogens with one attached hydrogen (secondary N) is 1. The Kier molecular flexibility index (Phi) is 7.24. The zero-order valence-electron chi connectivity index (χ0n) is 16.4. The van der Waals surface area contributed by atoms with Crippen molar-refractivity contribution in [1.29, 1.82) is 0 Å².